The van der Waals surface area contributed by atoms with Crippen LogP contribution in [0.2, 0.25) is 0 Å². The number of nitrogens with one attached hydrogen (secondary N) is 1. The lowest BCUT2D eigenvalue weighted by molar-refractivity contribution is 0.0594. The number of aromatic nitrogens is 1. The average Bonchev–Trinajstić information content (AvgIpc) is 3.08. The van der Waals surface area contributed by atoms with Gasteiger partial charge in [-0.25, -0.2) is 14.6 Å². The topological polar surface area (TPSA) is 84.7 Å². The Bertz CT molecular complexity index is 722. The smallest absolute Gasteiger partial charge is 0.360 e. The third kappa shape index (κ3) is 4.82. The Morgan fingerprint density at radius 3 is 2.52 bits per heavy atom. The number of nitrogens with zero attached hydrogens (tertiary/aromatic N) is 2. The van der Waals surface area contributed by atoms with Gasteiger partial charge in [0.2, 0.25) is 5.89 Å². The molecule has 134 valence electrons. The second kappa shape index (κ2) is 8.32. The summed E-state index contributed by atoms with van der Waals surface area (Å²) in [6, 6.07) is 7.35. The Morgan fingerprint density at radius 1 is 1.28 bits per heavy atom. The molecule has 25 heavy (non-hydrogen) atoms. The number of hydrogen-bond acceptors (Lipinski definition) is 5. The highest BCUT2D eigenvalue weighted by atomic mass is 16.5. The van der Waals surface area contributed by atoms with Crippen molar-refractivity contribution < 1.29 is 18.7 Å². The fraction of sp³-hybridized carbons (Fsp3) is 0.389. The van der Waals surface area contributed by atoms with Crippen molar-refractivity contribution in [1.29, 1.82) is 0 Å². The summed E-state index contributed by atoms with van der Waals surface area (Å²) in [5.74, 6) is -0.308. The molecule has 0 radical (unpaired) electrons. The predicted octanol–water partition coefficient (Wildman–Crippen LogP) is 3.47. The molecule has 1 heterocycles. The summed E-state index contributed by atoms with van der Waals surface area (Å²) >= 11 is 0. The molecule has 1 aromatic carbocycles. The van der Waals surface area contributed by atoms with Gasteiger partial charge in [-0.2, -0.15) is 0 Å². The van der Waals surface area contributed by atoms with Crippen LogP contribution in [0, 0.1) is 0 Å². The van der Waals surface area contributed by atoms with Crippen LogP contribution in [0.3, 0.4) is 0 Å². The monoisotopic (exact) mass is 345 g/mol. The van der Waals surface area contributed by atoms with Gasteiger partial charge in [-0.3, -0.25) is 0 Å². The number of benzene rings is 1. The van der Waals surface area contributed by atoms with Gasteiger partial charge in [-0.1, -0.05) is 19.1 Å². The molecule has 1 aromatic heterocycles. The predicted molar refractivity (Wildman–Crippen MR) is 93.4 cm³/mol. The van der Waals surface area contributed by atoms with Gasteiger partial charge in [0.25, 0.3) is 0 Å². The van der Waals surface area contributed by atoms with Crippen LogP contribution < -0.4 is 5.32 Å². The lowest BCUT2D eigenvalue weighted by Crippen LogP contribution is -2.39. The molecule has 7 nitrogen and oxygen atoms in total. The molecule has 0 unspecified atom stereocenters. The van der Waals surface area contributed by atoms with Crippen LogP contribution in [0.15, 0.2) is 34.9 Å². The van der Waals surface area contributed by atoms with E-state index in [0.29, 0.717) is 0 Å². The van der Waals surface area contributed by atoms with E-state index in [1.165, 1.54) is 18.9 Å². The summed E-state index contributed by atoms with van der Waals surface area (Å²) < 4.78 is 9.86. The molecular formula is C18H23N3O4. The summed E-state index contributed by atoms with van der Waals surface area (Å²) in [5.41, 5.74) is 2.00. The number of aryl methyl sites for hydroxylation is 1. The fourth-order valence-corrected chi connectivity index (χ4v) is 2.24. The zero-order valence-electron chi connectivity index (χ0n) is 14.9. The van der Waals surface area contributed by atoms with Crippen molar-refractivity contribution >= 4 is 17.7 Å². The number of amides is 2. The molecular weight excluding hydrogens is 322 g/mol. The second-order valence-electron chi connectivity index (χ2n) is 5.82. The van der Waals surface area contributed by atoms with Crippen LogP contribution in [-0.2, 0) is 17.7 Å². The Hall–Kier alpha value is -2.83. The Balaban J connectivity index is 2.07. The van der Waals surface area contributed by atoms with E-state index < -0.39 is 5.97 Å². The van der Waals surface area contributed by atoms with E-state index in [2.05, 4.69) is 22.0 Å². The molecule has 0 fully saturated rings. The van der Waals surface area contributed by atoms with E-state index in [9.17, 15) is 9.59 Å². The molecule has 0 aliphatic rings. The van der Waals surface area contributed by atoms with Crippen molar-refractivity contribution in [2.75, 3.05) is 12.4 Å². The quantitative estimate of drug-likeness (QED) is 0.810. The maximum atomic E-state index is 12.6. The van der Waals surface area contributed by atoms with E-state index >= 15 is 0 Å². The summed E-state index contributed by atoms with van der Waals surface area (Å²) in [7, 11) is 1.27. The Kier molecular flexibility index (Phi) is 6.16. The lowest BCUT2D eigenvalue weighted by Gasteiger charge is -2.25. The fourth-order valence-electron chi connectivity index (χ4n) is 2.24. The molecule has 0 atom stereocenters. The average molecular weight is 345 g/mol. The van der Waals surface area contributed by atoms with E-state index in [1.807, 2.05) is 38.1 Å². The van der Waals surface area contributed by atoms with Crippen LogP contribution in [0.5, 0.6) is 0 Å². The van der Waals surface area contributed by atoms with E-state index in [-0.39, 0.29) is 30.2 Å². The number of carbonyl (C=O) groups excluding carboxylic acids is 2. The normalized spacial score (nSPS) is 10.6. The summed E-state index contributed by atoms with van der Waals surface area (Å²) in [6.45, 7) is 6.01. The molecule has 0 bridgehead atoms. The van der Waals surface area contributed by atoms with Gasteiger partial charge in [0.1, 0.15) is 6.26 Å². The van der Waals surface area contributed by atoms with Crippen LogP contribution in [0.1, 0.15) is 42.7 Å². The van der Waals surface area contributed by atoms with E-state index in [4.69, 9.17) is 4.42 Å². The third-order valence-electron chi connectivity index (χ3n) is 3.75. The molecule has 1 N–H and O–H groups in total. The first kappa shape index (κ1) is 18.5. The number of urea groups is 1. The highest BCUT2D eigenvalue weighted by Gasteiger charge is 2.21. The van der Waals surface area contributed by atoms with Gasteiger partial charge >= 0.3 is 12.0 Å². The van der Waals surface area contributed by atoms with Gasteiger partial charge in [0, 0.05) is 11.7 Å². The molecule has 7 heteroatoms. The minimum absolute atomic E-state index is 0.0802. The van der Waals surface area contributed by atoms with Crippen LogP contribution in [0.25, 0.3) is 0 Å². The second-order valence-corrected chi connectivity index (χ2v) is 5.82. The molecule has 2 rings (SSSR count). The SMILES string of the molecule is CCc1ccc(NC(=O)N(Cc2nc(C(=O)OC)co2)C(C)C)cc1. The van der Waals surface area contributed by atoms with Gasteiger partial charge in [0.15, 0.2) is 5.69 Å². The number of carbonyl (C=O) groups is 2. The summed E-state index contributed by atoms with van der Waals surface area (Å²) in [4.78, 5) is 29.6. The number of esters is 1. The van der Waals surface area contributed by atoms with Gasteiger partial charge < -0.3 is 19.4 Å². The van der Waals surface area contributed by atoms with Gasteiger partial charge in [-0.05, 0) is 38.0 Å². The summed E-state index contributed by atoms with van der Waals surface area (Å²) in [6.07, 6.45) is 2.17. The zero-order valence-corrected chi connectivity index (χ0v) is 14.9. The van der Waals surface area contributed by atoms with Crippen molar-refractivity contribution in [3.63, 3.8) is 0 Å². The van der Waals surface area contributed by atoms with Crippen molar-refractivity contribution in [3.8, 4) is 0 Å². The number of rotatable bonds is 6. The zero-order chi connectivity index (χ0) is 18.4. The number of methoxy groups -OCH3 is 1. The highest BCUT2D eigenvalue weighted by molar-refractivity contribution is 5.89. The first-order valence-electron chi connectivity index (χ1n) is 8.13. The number of ether oxygens (including phenoxy) is 1. The molecule has 0 saturated carbocycles. The van der Waals surface area contributed by atoms with Crippen molar-refractivity contribution in [2.24, 2.45) is 0 Å². The Labute approximate surface area is 147 Å². The van der Waals surface area contributed by atoms with Gasteiger partial charge in [0.05, 0.1) is 13.7 Å². The maximum absolute atomic E-state index is 12.6. The molecule has 0 spiro atoms. The largest absolute Gasteiger partial charge is 0.464 e. The highest BCUT2D eigenvalue weighted by Crippen LogP contribution is 2.14. The van der Waals surface area contributed by atoms with Crippen LogP contribution in [0.4, 0.5) is 10.5 Å². The maximum Gasteiger partial charge on any atom is 0.360 e. The van der Waals surface area contributed by atoms with Crippen molar-refractivity contribution in [2.45, 2.75) is 39.8 Å². The molecule has 2 amide bonds. The van der Waals surface area contributed by atoms with Crippen LogP contribution in [-0.4, -0.2) is 35.0 Å². The third-order valence-corrected chi connectivity index (χ3v) is 3.75. The number of anilines is 1. The minimum atomic E-state index is -0.577. The van der Waals surface area contributed by atoms with Crippen LogP contribution >= 0.6 is 0 Å². The molecule has 0 aliphatic carbocycles. The Morgan fingerprint density at radius 2 is 1.96 bits per heavy atom. The van der Waals surface area contributed by atoms with E-state index in [1.54, 1.807) is 4.90 Å². The van der Waals surface area contributed by atoms with E-state index in [0.717, 1.165) is 12.1 Å². The molecule has 2 aromatic rings. The lowest BCUT2D eigenvalue weighted by atomic mass is 10.1. The molecule has 0 saturated heterocycles. The standard InChI is InChI=1S/C18H23N3O4/c1-5-13-6-8-14(9-7-13)19-18(23)21(12(2)3)10-16-20-15(11-25-16)17(22)24-4/h6-9,11-12H,5,10H2,1-4H3,(H,19,23). The number of oxazole rings is 1. The first-order chi connectivity index (χ1) is 11.9. The summed E-state index contributed by atoms with van der Waals surface area (Å²) in [5, 5.41) is 2.86. The van der Waals surface area contributed by atoms with Crippen molar-refractivity contribution in [3.05, 3.63) is 47.7 Å². The number of hydrogen-bond donors (Lipinski definition) is 1. The molecule has 0 aliphatic heterocycles. The first-order valence-corrected chi connectivity index (χ1v) is 8.13. The van der Waals surface area contributed by atoms with Gasteiger partial charge in [-0.15, -0.1) is 0 Å². The minimum Gasteiger partial charge on any atom is -0.464 e. The van der Waals surface area contributed by atoms with Crippen molar-refractivity contribution in [1.82, 2.24) is 9.88 Å².